The van der Waals surface area contributed by atoms with Crippen LogP contribution in [0.4, 0.5) is 0 Å². The first-order chi connectivity index (χ1) is 6.20. The van der Waals surface area contributed by atoms with E-state index in [0.717, 1.165) is 18.4 Å². The highest BCUT2D eigenvalue weighted by atomic mass is 16.3. The predicted molar refractivity (Wildman–Crippen MR) is 56.4 cm³/mol. The maximum atomic E-state index is 9.89. The van der Waals surface area contributed by atoms with Crippen LogP contribution in [0.5, 0.6) is 0 Å². The van der Waals surface area contributed by atoms with Crippen molar-refractivity contribution in [3.8, 4) is 0 Å². The molecule has 0 saturated heterocycles. The fraction of sp³-hybridized carbons (Fsp3) is 0.500. The van der Waals surface area contributed by atoms with E-state index in [0.29, 0.717) is 5.92 Å². The van der Waals surface area contributed by atoms with Gasteiger partial charge in [-0.05, 0) is 36.8 Å². The van der Waals surface area contributed by atoms with Crippen molar-refractivity contribution in [2.45, 2.75) is 32.8 Å². The topological polar surface area (TPSA) is 20.2 Å². The number of aliphatic hydroxyl groups excluding tert-OH is 1. The summed E-state index contributed by atoms with van der Waals surface area (Å²) in [5, 5.41) is 9.89. The summed E-state index contributed by atoms with van der Waals surface area (Å²) in [6.07, 6.45) is 7.65. The summed E-state index contributed by atoms with van der Waals surface area (Å²) in [6.45, 7) is 7.76. The number of hydrogen-bond donors (Lipinski definition) is 1. The molecule has 1 rings (SSSR count). The molecule has 0 heterocycles. The smallest absolute Gasteiger partial charge is 0.0815 e. The van der Waals surface area contributed by atoms with E-state index in [1.54, 1.807) is 6.08 Å². The molecule has 0 aromatic carbocycles. The van der Waals surface area contributed by atoms with Gasteiger partial charge in [-0.15, -0.1) is 0 Å². The molecule has 0 aliphatic heterocycles. The summed E-state index contributed by atoms with van der Waals surface area (Å²) in [4.78, 5) is 0. The van der Waals surface area contributed by atoms with Crippen molar-refractivity contribution < 1.29 is 5.11 Å². The van der Waals surface area contributed by atoms with E-state index in [2.05, 4.69) is 13.5 Å². The highest BCUT2D eigenvalue weighted by Gasteiger charge is 2.25. The van der Waals surface area contributed by atoms with Crippen molar-refractivity contribution in [3.05, 3.63) is 36.0 Å². The maximum absolute atomic E-state index is 9.89. The van der Waals surface area contributed by atoms with E-state index in [1.807, 2.05) is 19.1 Å². The van der Waals surface area contributed by atoms with Crippen molar-refractivity contribution in [3.63, 3.8) is 0 Å². The minimum atomic E-state index is -0.287. The van der Waals surface area contributed by atoms with Crippen molar-refractivity contribution in [2.75, 3.05) is 0 Å². The molecule has 0 radical (unpaired) electrons. The zero-order valence-electron chi connectivity index (χ0n) is 8.46. The van der Waals surface area contributed by atoms with Gasteiger partial charge in [0.15, 0.2) is 0 Å². The van der Waals surface area contributed by atoms with E-state index in [4.69, 9.17) is 0 Å². The average Bonchev–Trinajstić information content (AvgIpc) is 2.12. The van der Waals surface area contributed by atoms with Crippen LogP contribution in [-0.4, -0.2) is 11.2 Å². The standard InChI is InChI=1S/C12H18O/c1-4-6-10-8-7-9(3)12(13)11(10)5-2/h4-6,9,12-13H,1,7-8H2,2-3H3/b10-6-,11-5+. The molecule has 0 spiro atoms. The molecule has 1 aliphatic rings. The Morgan fingerprint density at radius 3 is 2.77 bits per heavy atom. The Labute approximate surface area is 80.5 Å². The van der Waals surface area contributed by atoms with Crippen LogP contribution in [0.3, 0.4) is 0 Å². The van der Waals surface area contributed by atoms with Gasteiger partial charge in [-0.1, -0.05) is 31.7 Å². The molecule has 13 heavy (non-hydrogen) atoms. The number of hydrogen-bond acceptors (Lipinski definition) is 1. The van der Waals surface area contributed by atoms with Gasteiger partial charge >= 0.3 is 0 Å². The highest BCUT2D eigenvalue weighted by Crippen LogP contribution is 2.32. The van der Waals surface area contributed by atoms with Crippen LogP contribution in [0.1, 0.15) is 26.7 Å². The van der Waals surface area contributed by atoms with E-state index in [1.165, 1.54) is 5.57 Å². The second-order valence-electron chi connectivity index (χ2n) is 3.63. The second-order valence-corrected chi connectivity index (χ2v) is 3.63. The summed E-state index contributed by atoms with van der Waals surface area (Å²) in [5.74, 6) is 0.383. The van der Waals surface area contributed by atoms with E-state index >= 15 is 0 Å². The molecular weight excluding hydrogens is 160 g/mol. The van der Waals surface area contributed by atoms with Crippen LogP contribution in [0.15, 0.2) is 36.0 Å². The third kappa shape index (κ3) is 2.10. The second kappa shape index (κ2) is 4.43. The van der Waals surface area contributed by atoms with Crippen molar-refractivity contribution >= 4 is 0 Å². The van der Waals surface area contributed by atoms with Crippen molar-refractivity contribution in [2.24, 2.45) is 5.92 Å². The fourth-order valence-corrected chi connectivity index (χ4v) is 1.86. The normalized spacial score (nSPS) is 35.3. The minimum Gasteiger partial charge on any atom is -0.388 e. The number of aliphatic hydroxyl groups is 1. The molecule has 2 unspecified atom stereocenters. The van der Waals surface area contributed by atoms with Gasteiger partial charge in [-0.2, -0.15) is 0 Å². The zero-order chi connectivity index (χ0) is 9.84. The molecule has 0 amide bonds. The lowest BCUT2D eigenvalue weighted by molar-refractivity contribution is 0.137. The first-order valence-corrected chi connectivity index (χ1v) is 4.87. The Morgan fingerprint density at radius 1 is 1.54 bits per heavy atom. The Balaban J connectivity index is 2.91. The van der Waals surface area contributed by atoms with Gasteiger partial charge in [0.2, 0.25) is 0 Å². The molecule has 1 nitrogen and oxygen atoms in total. The van der Waals surface area contributed by atoms with Gasteiger partial charge < -0.3 is 5.11 Å². The first-order valence-electron chi connectivity index (χ1n) is 4.87. The Hall–Kier alpha value is -0.820. The van der Waals surface area contributed by atoms with Gasteiger partial charge in [0.25, 0.3) is 0 Å². The third-order valence-corrected chi connectivity index (χ3v) is 2.73. The van der Waals surface area contributed by atoms with E-state index in [9.17, 15) is 5.11 Å². The van der Waals surface area contributed by atoms with Gasteiger partial charge in [-0.3, -0.25) is 0 Å². The zero-order valence-corrected chi connectivity index (χ0v) is 8.46. The summed E-state index contributed by atoms with van der Waals surface area (Å²) >= 11 is 0. The molecule has 1 N–H and O–H groups in total. The highest BCUT2D eigenvalue weighted by molar-refractivity contribution is 5.38. The van der Waals surface area contributed by atoms with Crippen LogP contribution in [0, 0.1) is 5.92 Å². The molecule has 1 fully saturated rings. The first kappa shape index (κ1) is 10.3. The van der Waals surface area contributed by atoms with Gasteiger partial charge in [0, 0.05) is 0 Å². The molecule has 1 heteroatoms. The van der Waals surface area contributed by atoms with Crippen LogP contribution < -0.4 is 0 Å². The maximum Gasteiger partial charge on any atom is 0.0815 e. The lowest BCUT2D eigenvalue weighted by Crippen LogP contribution is -2.26. The van der Waals surface area contributed by atoms with Crippen molar-refractivity contribution in [1.29, 1.82) is 0 Å². The molecule has 2 atom stereocenters. The average molecular weight is 178 g/mol. The lowest BCUT2D eigenvalue weighted by Gasteiger charge is -2.29. The molecule has 1 aliphatic carbocycles. The molecule has 1 saturated carbocycles. The van der Waals surface area contributed by atoms with Crippen LogP contribution in [-0.2, 0) is 0 Å². The largest absolute Gasteiger partial charge is 0.388 e. The Morgan fingerprint density at radius 2 is 2.23 bits per heavy atom. The molecule has 0 aromatic heterocycles. The molecule has 0 bridgehead atoms. The van der Waals surface area contributed by atoms with E-state index in [-0.39, 0.29) is 6.10 Å². The third-order valence-electron chi connectivity index (χ3n) is 2.73. The van der Waals surface area contributed by atoms with Gasteiger partial charge in [0.1, 0.15) is 0 Å². The molecule has 72 valence electrons. The Bertz CT molecular complexity index is 248. The minimum absolute atomic E-state index is 0.287. The van der Waals surface area contributed by atoms with Gasteiger partial charge in [-0.25, -0.2) is 0 Å². The van der Waals surface area contributed by atoms with E-state index < -0.39 is 0 Å². The fourth-order valence-electron chi connectivity index (χ4n) is 1.86. The van der Waals surface area contributed by atoms with Crippen LogP contribution in [0.25, 0.3) is 0 Å². The summed E-state index contributed by atoms with van der Waals surface area (Å²) in [5.41, 5.74) is 2.32. The van der Waals surface area contributed by atoms with Gasteiger partial charge in [0.05, 0.1) is 6.10 Å². The van der Waals surface area contributed by atoms with Crippen LogP contribution >= 0.6 is 0 Å². The predicted octanol–water partition coefficient (Wildman–Crippen LogP) is 2.84. The van der Waals surface area contributed by atoms with Crippen LogP contribution in [0.2, 0.25) is 0 Å². The number of allylic oxidation sites excluding steroid dienone is 3. The summed E-state index contributed by atoms with van der Waals surface area (Å²) in [7, 11) is 0. The summed E-state index contributed by atoms with van der Waals surface area (Å²) in [6, 6.07) is 0. The summed E-state index contributed by atoms with van der Waals surface area (Å²) < 4.78 is 0. The lowest BCUT2D eigenvalue weighted by atomic mass is 9.80. The quantitative estimate of drug-likeness (QED) is 0.654. The molecular formula is C12H18O. The Kier molecular flexibility index (Phi) is 3.49. The van der Waals surface area contributed by atoms with Crippen molar-refractivity contribution in [1.82, 2.24) is 0 Å². The SMILES string of the molecule is C=C/C=C1/CCC(C)C(O)/C1=C/C. The number of rotatable bonds is 1. The molecule has 0 aromatic rings. The monoisotopic (exact) mass is 178 g/mol.